The third-order valence-corrected chi connectivity index (χ3v) is 12.9. The van der Waals surface area contributed by atoms with Gasteiger partial charge in [-0.1, -0.05) is 39.0 Å². The zero-order valence-electron chi connectivity index (χ0n) is 23.6. The number of fused-ring (bicyclic) bond motifs is 1. The molecule has 202 valence electrons. The molecule has 0 fully saturated rings. The maximum Gasteiger partial charge on any atom is 0.192 e. The van der Waals surface area contributed by atoms with Crippen molar-refractivity contribution < 1.29 is 8.98 Å². The van der Waals surface area contributed by atoms with Crippen LogP contribution in [0.1, 0.15) is 52.9 Å². The van der Waals surface area contributed by atoms with Crippen LogP contribution in [0.4, 0.5) is 0 Å². The minimum absolute atomic E-state index is 0.123. The summed E-state index contributed by atoms with van der Waals surface area (Å²) in [6.07, 6.45) is 5.30. The van der Waals surface area contributed by atoms with Gasteiger partial charge in [0, 0.05) is 22.3 Å². The van der Waals surface area contributed by atoms with E-state index in [-0.39, 0.29) is 9.79 Å². The fraction of sp³-hybridized carbons (Fsp3) is 0.429. The second-order valence-electron chi connectivity index (χ2n) is 12.0. The molecule has 1 N–H and O–H groups in total. The average Bonchev–Trinajstić information content (AvgIpc) is 3.28. The number of pyridine rings is 1. The number of nitrogens with zero attached hydrogens (tertiary/aromatic N) is 5. The normalized spacial score (nSPS) is 13.7. The summed E-state index contributed by atoms with van der Waals surface area (Å²) in [5.41, 5.74) is 4.32. The van der Waals surface area contributed by atoms with Gasteiger partial charge in [0.25, 0.3) is 0 Å². The van der Waals surface area contributed by atoms with Gasteiger partial charge in [0.05, 0.1) is 54.3 Å². The molecule has 3 heterocycles. The molecular formula is C28H38N6O2SSi. The Bertz CT molecular complexity index is 1410. The zero-order valence-corrected chi connectivity index (χ0v) is 25.4. The first-order chi connectivity index (χ1) is 17.7. The number of nitrogens with one attached hydrogen (secondary N) is 1. The van der Waals surface area contributed by atoms with Gasteiger partial charge in [-0.05, 0) is 57.1 Å². The van der Waals surface area contributed by atoms with Crippen molar-refractivity contribution in [1.29, 1.82) is 0 Å². The van der Waals surface area contributed by atoms with Crippen LogP contribution in [0.5, 0.6) is 0 Å². The SMILES string of the molecule is CC(C)(C)[S@@+]([O-])NCc1cccc(-c2ccc3cnn(-c4cncc(CO[Si](C)(C)C(C)(C)C)n4)c3c2)n1. The molecule has 0 spiro atoms. The third-order valence-electron chi connectivity index (χ3n) is 6.89. The number of benzene rings is 1. The Kier molecular flexibility index (Phi) is 8.11. The van der Waals surface area contributed by atoms with Gasteiger partial charge in [0.1, 0.15) is 4.75 Å². The smallest absolute Gasteiger partial charge is 0.192 e. The van der Waals surface area contributed by atoms with Crippen molar-refractivity contribution in [1.82, 2.24) is 29.5 Å². The Morgan fingerprint density at radius 3 is 2.45 bits per heavy atom. The van der Waals surface area contributed by atoms with E-state index >= 15 is 0 Å². The topological polar surface area (TPSA) is 101 Å². The zero-order chi connectivity index (χ0) is 27.7. The molecule has 0 saturated heterocycles. The lowest BCUT2D eigenvalue weighted by molar-refractivity contribution is 0.271. The average molecular weight is 551 g/mol. The molecule has 4 rings (SSSR count). The fourth-order valence-corrected chi connectivity index (χ4v) is 5.15. The van der Waals surface area contributed by atoms with E-state index in [2.05, 4.69) is 54.7 Å². The van der Waals surface area contributed by atoms with Crippen molar-refractivity contribution in [2.75, 3.05) is 0 Å². The Labute approximate surface area is 229 Å². The van der Waals surface area contributed by atoms with E-state index in [9.17, 15) is 4.55 Å². The van der Waals surface area contributed by atoms with Crippen LogP contribution < -0.4 is 4.72 Å². The highest BCUT2D eigenvalue weighted by Gasteiger charge is 2.37. The van der Waals surface area contributed by atoms with Crippen LogP contribution in [0.25, 0.3) is 28.0 Å². The van der Waals surface area contributed by atoms with Crippen molar-refractivity contribution in [3.8, 4) is 17.1 Å². The molecule has 0 aliphatic carbocycles. The van der Waals surface area contributed by atoms with Crippen LogP contribution in [-0.4, -0.2) is 42.3 Å². The minimum atomic E-state index is -1.91. The largest absolute Gasteiger partial charge is 0.598 e. The van der Waals surface area contributed by atoms with Gasteiger partial charge >= 0.3 is 0 Å². The number of hydrogen-bond acceptors (Lipinski definition) is 7. The molecule has 0 unspecified atom stereocenters. The van der Waals surface area contributed by atoms with Crippen LogP contribution in [0.15, 0.2) is 55.0 Å². The Morgan fingerprint density at radius 2 is 1.74 bits per heavy atom. The van der Waals surface area contributed by atoms with Gasteiger partial charge < -0.3 is 8.98 Å². The standard InChI is InChI=1S/C28H38N6O2SSi/c1-27(2,3)37(35)31-17-22-10-9-11-24(32-22)20-12-13-21-15-30-34(25(21)14-20)26-18-29-16-23(33-26)19-36-38(7,8)28(4,5)6/h9-16,18,31H,17,19H2,1-8H3/t37-/m1/s1. The molecule has 38 heavy (non-hydrogen) atoms. The molecule has 0 aliphatic heterocycles. The summed E-state index contributed by atoms with van der Waals surface area (Å²) >= 11 is -1.16. The molecule has 0 saturated carbocycles. The third kappa shape index (κ3) is 6.49. The summed E-state index contributed by atoms with van der Waals surface area (Å²) in [5, 5.41) is 5.72. The maximum absolute atomic E-state index is 12.4. The molecule has 10 heteroatoms. The van der Waals surface area contributed by atoms with Crippen molar-refractivity contribution in [3.63, 3.8) is 0 Å². The summed E-state index contributed by atoms with van der Waals surface area (Å²) in [6, 6.07) is 12.0. The van der Waals surface area contributed by atoms with E-state index in [4.69, 9.17) is 14.4 Å². The van der Waals surface area contributed by atoms with Gasteiger partial charge in [-0.15, -0.1) is 4.72 Å². The van der Waals surface area contributed by atoms with Gasteiger partial charge in [-0.2, -0.15) is 5.10 Å². The summed E-state index contributed by atoms with van der Waals surface area (Å²) in [6.45, 7) is 17.8. The molecule has 1 atom stereocenters. The Hall–Kier alpha value is -2.63. The van der Waals surface area contributed by atoms with Crippen molar-refractivity contribution in [3.05, 3.63) is 66.4 Å². The molecule has 0 aliphatic rings. The van der Waals surface area contributed by atoms with E-state index in [1.165, 1.54) is 0 Å². The van der Waals surface area contributed by atoms with Crippen molar-refractivity contribution >= 4 is 30.6 Å². The molecule has 1 aromatic carbocycles. The quantitative estimate of drug-likeness (QED) is 0.214. The van der Waals surface area contributed by atoms with E-state index in [0.29, 0.717) is 19.0 Å². The lowest BCUT2D eigenvalue weighted by Crippen LogP contribution is -2.40. The van der Waals surface area contributed by atoms with Gasteiger partial charge in [-0.3, -0.25) is 9.97 Å². The van der Waals surface area contributed by atoms with Crippen LogP contribution in [0.3, 0.4) is 0 Å². The van der Waals surface area contributed by atoms with Gasteiger partial charge in [0.2, 0.25) is 0 Å². The highest BCUT2D eigenvalue weighted by atomic mass is 32.2. The summed E-state index contributed by atoms with van der Waals surface area (Å²) in [7, 11) is -1.91. The van der Waals surface area contributed by atoms with E-state index in [0.717, 1.165) is 33.5 Å². The monoisotopic (exact) mass is 550 g/mol. The Morgan fingerprint density at radius 1 is 0.974 bits per heavy atom. The fourth-order valence-electron chi connectivity index (χ4n) is 3.49. The van der Waals surface area contributed by atoms with Gasteiger partial charge in [-0.25, -0.2) is 9.67 Å². The van der Waals surface area contributed by atoms with E-state index in [1.54, 1.807) is 17.1 Å². The second-order valence-corrected chi connectivity index (χ2v) is 18.8. The molecule has 0 bridgehead atoms. The lowest BCUT2D eigenvalue weighted by atomic mass is 10.1. The first-order valence-electron chi connectivity index (χ1n) is 12.8. The number of rotatable bonds is 8. The highest BCUT2D eigenvalue weighted by Crippen LogP contribution is 2.37. The van der Waals surface area contributed by atoms with E-state index in [1.807, 2.05) is 57.3 Å². The molecule has 4 aromatic rings. The maximum atomic E-state index is 12.4. The minimum Gasteiger partial charge on any atom is -0.598 e. The molecule has 3 aromatic heterocycles. The number of hydrogen-bond donors (Lipinski definition) is 1. The predicted octanol–water partition coefficient (Wildman–Crippen LogP) is 5.95. The van der Waals surface area contributed by atoms with Crippen LogP contribution in [0, 0.1) is 0 Å². The summed E-state index contributed by atoms with van der Waals surface area (Å²) in [4.78, 5) is 14.0. The Balaban J connectivity index is 1.58. The predicted molar refractivity (Wildman–Crippen MR) is 157 cm³/mol. The van der Waals surface area contributed by atoms with Crippen molar-refractivity contribution in [2.45, 2.75) is 77.6 Å². The highest BCUT2D eigenvalue weighted by molar-refractivity contribution is 7.90. The number of aromatic nitrogens is 5. The van der Waals surface area contributed by atoms with Crippen LogP contribution in [-0.2, 0) is 28.9 Å². The summed E-state index contributed by atoms with van der Waals surface area (Å²) in [5.74, 6) is 0.643. The molecule has 0 amide bonds. The first-order valence-corrected chi connectivity index (χ1v) is 16.9. The van der Waals surface area contributed by atoms with E-state index < -0.39 is 19.7 Å². The van der Waals surface area contributed by atoms with Gasteiger partial charge in [0.15, 0.2) is 14.1 Å². The molecule has 8 nitrogen and oxygen atoms in total. The lowest BCUT2D eigenvalue weighted by Gasteiger charge is -2.36. The molecular weight excluding hydrogens is 513 g/mol. The van der Waals surface area contributed by atoms with Crippen molar-refractivity contribution in [2.24, 2.45) is 0 Å². The second kappa shape index (κ2) is 10.9. The summed E-state index contributed by atoms with van der Waals surface area (Å²) < 4.78 is 23.3. The van der Waals surface area contributed by atoms with Crippen LogP contribution >= 0.6 is 0 Å². The first kappa shape index (κ1) is 28.4. The molecule has 0 radical (unpaired) electrons. The van der Waals surface area contributed by atoms with Crippen LogP contribution in [0.2, 0.25) is 18.1 Å².